The highest BCUT2D eigenvalue weighted by Crippen LogP contribution is 2.19. The molecule has 0 atom stereocenters. The lowest BCUT2D eigenvalue weighted by molar-refractivity contribution is 0.0551. The van der Waals surface area contributed by atoms with E-state index in [1.54, 1.807) is 0 Å². The van der Waals surface area contributed by atoms with Gasteiger partial charge in [0.15, 0.2) is 0 Å². The Morgan fingerprint density at radius 2 is 2.00 bits per heavy atom. The van der Waals surface area contributed by atoms with E-state index in [1.165, 1.54) is 0 Å². The zero-order chi connectivity index (χ0) is 12.0. The first-order valence-electron chi connectivity index (χ1n) is 5.67. The van der Waals surface area contributed by atoms with Gasteiger partial charge in [0.2, 0.25) is 0 Å². The Bertz CT molecular complexity index is 324. The standard InChI is InChI=1S/C13H21NO2/c1-10(2)15-6-7-16-13-8-12(9-14)5-4-11(13)3/h4-5,8,10H,6-7,9,14H2,1-3H3. The van der Waals surface area contributed by atoms with E-state index in [0.29, 0.717) is 19.8 Å². The predicted molar refractivity (Wildman–Crippen MR) is 65.7 cm³/mol. The molecule has 3 heteroatoms. The van der Waals surface area contributed by atoms with Crippen LogP contribution in [0.1, 0.15) is 25.0 Å². The van der Waals surface area contributed by atoms with Gasteiger partial charge in [0.25, 0.3) is 0 Å². The van der Waals surface area contributed by atoms with Crippen molar-refractivity contribution in [2.24, 2.45) is 5.73 Å². The molecule has 0 amide bonds. The predicted octanol–water partition coefficient (Wildman–Crippen LogP) is 2.26. The van der Waals surface area contributed by atoms with E-state index in [-0.39, 0.29) is 6.10 Å². The highest BCUT2D eigenvalue weighted by molar-refractivity contribution is 5.36. The highest BCUT2D eigenvalue weighted by atomic mass is 16.5. The van der Waals surface area contributed by atoms with Crippen LogP contribution in [0.4, 0.5) is 0 Å². The van der Waals surface area contributed by atoms with E-state index in [0.717, 1.165) is 16.9 Å². The lowest BCUT2D eigenvalue weighted by atomic mass is 10.1. The molecule has 0 radical (unpaired) electrons. The average Bonchev–Trinajstić information content (AvgIpc) is 2.26. The lowest BCUT2D eigenvalue weighted by Gasteiger charge is -2.12. The molecular weight excluding hydrogens is 202 g/mol. The summed E-state index contributed by atoms with van der Waals surface area (Å²) in [5, 5.41) is 0. The summed E-state index contributed by atoms with van der Waals surface area (Å²) in [5.41, 5.74) is 7.80. The van der Waals surface area contributed by atoms with Gasteiger partial charge in [-0.1, -0.05) is 12.1 Å². The van der Waals surface area contributed by atoms with E-state index in [4.69, 9.17) is 15.2 Å². The van der Waals surface area contributed by atoms with Crippen molar-refractivity contribution in [3.05, 3.63) is 29.3 Å². The van der Waals surface area contributed by atoms with Crippen LogP contribution >= 0.6 is 0 Å². The molecule has 0 unspecified atom stereocenters. The maximum absolute atomic E-state index is 5.65. The Morgan fingerprint density at radius 3 is 2.62 bits per heavy atom. The number of aryl methyl sites for hydroxylation is 1. The van der Waals surface area contributed by atoms with Crippen LogP contribution in [0.2, 0.25) is 0 Å². The molecule has 0 aliphatic rings. The molecule has 1 aromatic carbocycles. The summed E-state index contributed by atoms with van der Waals surface area (Å²) < 4.78 is 11.1. The van der Waals surface area contributed by atoms with Crippen LogP contribution in [0.15, 0.2) is 18.2 Å². The molecule has 1 rings (SSSR count). The van der Waals surface area contributed by atoms with Gasteiger partial charge >= 0.3 is 0 Å². The quantitative estimate of drug-likeness (QED) is 0.752. The summed E-state index contributed by atoms with van der Waals surface area (Å²) in [7, 11) is 0. The van der Waals surface area contributed by atoms with Gasteiger partial charge < -0.3 is 15.2 Å². The third-order valence-corrected chi connectivity index (χ3v) is 2.28. The van der Waals surface area contributed by atoms with Crippen molar-refractivity contribution in [2.75, 3.05) is 13.2 Å². The lowest BCUT2D eigenvalue weighted by Crippen LogP contribution is -2.11. The van der Waals surface area contributed by atoms with Crippen LogP contribution in [0.3, 0.4) is 0 Å². The first kappa shape index (κ1) is 13.0. The van der Waals surface area contributed by atoms with E-state index < -0.39 is 0 Å². The van der Waals surface area contributed by atoms with Crippen LogP contribution in [0.5, 0.6) is 5.75 Å². The van der Waals surface area contributed by atoms with Gasteiger partial charge in [0, 0.05) is 6.54 Å². The molecule has 1 aromatic rings. The van der Waals surface area contributed by atoms with Crippen molar-refractivity contribution >= 4 is 0 Å². The van der Waals surface area contributed by atoms with Gasteiger partial charge in [-0.3, -0.25) is 0 Å². The Hall–Kier alpha value is -1.06. The second kappa shape index (κ2) is 6.51. The van der Waals surface area contributed by atoms with Gasteiger partial charge in [-0.05, 0) is 38.0 Å². The van der Waals surface area contributed by atoms with Crippen LogP contribution in [0.25, 0.3) is 0 Å². The number of nitrogens with two attached hydrogens (primary N) is 1. The minimum absolute atomic E-state index is 0.250. The Kier molecular flexibility index (Phi) is 5.29. The molecule has 0 aliphatic heterocycles. The van der Waals surface area contributed by atoms with Crippen molar-refractivity contribution in [2.45, 2.75) is 33.4 Å². The van der Waals surface area contributed by atoms with Crippen LogP contribution in [-0.2, 0) is 11.3 Å². The molecular formula is C13H21NO2. The van der Waals surface area contributed by atoms with Gasteiger partial charge in [0.05, 0.1) is 12.7 Å². The molecule has 0 aliphatic carbocycles. The summed E-state index contributed by atoms with van der Waals surface area (Å²) in [6, 6.07) is 6.04. The summed E-state index contributed by atoms with van der Waals surface area (Å²) in [6.07, 6.45) is 0.250. The van der Waals surface area contributed by atoms with E-state index in [2.05, 4.69) is 0 Å². The molecule has 2 N–H and O–H groups in total. The molecule has 0 saturated heterocycles. The number of ether oxygens (including phenoxy) is 2. The maximum atomic E-state index is 5.65. The van der Waals surface area contributed by atoms with E-state index >= 15 is 0 Å². The largest absolute Gasteiger partial charge is 0.491 e. The van der Waals surface area contributed by atoms with Gasteiger partial charge in [-0.15, -0.1) is 0 Å². The molecule has 16 heavy (non-hydrogen) atoms. The number of rotatable bonds is 6. The number of hydrogen-bond acceptors (Lipinski definition) is 3. The van der Waals surface area contributed by atoms with E-state index in [9.17, 15) is 0 Å². The molecule has 0 saturated carbocycles. The maximum Gasteiger partial charge on any atom is 0.122 e. The molecule has 90 valence electrons. The zero-order valence-corrected chi connectivity index (χ0v) is 10.3. The van der Waals surface area contributed by atoms with Crippen molar-refractivity contribution in [1.82, 2.24) is 0 Å². The Morgan fingerprint density at radius 1 is 1.25 bits per heavy atom. The SMILES string of the molecule is Cc1ccc(CN)cc1OCCOC(C)C. The van der Waals surface area contributed by atoms with Gasteiger partial charge in [-0.2, -0.15) is 0 Å². The minimum Gasteiger partial charge on any atom is -0.491 e. The Balaban J connectivity index is 2.46. The monoisotopic (exact) mass is 223 g/mol. The van der Waals surface area contributed by atoms with Crippen molar-refractivity contribution < 1.29 is 9.47 Å². The first-order valence-corrected chi connectivity index (χ1v) is 5.67. The molecule has 0 bridgehead atoms. The summed E-state index contributed by atoms with van der Waals surface area (Å²) in [6.45, 7) is 7.79. The molecule has 0 fully saturated rings. The number of hydrogen-bond donors (Lipinski definition) is 1. The van der Waals surface area contributed by atoms with Crippen LogP contribution in [0, 0.1) is 6.92 Å². The van der Waals surface area contributed by atoms with Gasteiger partial charge in [-0.25, -0.2) is 0 Å². The smallest absolute Gasteiger partial charge is 0.122 e. The van der Waals surface area contributed by atoms with E-state index in [1.807, 2.05) is 39.0 Å². The highest BCUT2D eigenvalue weighted by Gasteiger charge is 2.01. The fourth-order valence-electron chi connectivity index (χ4n) is 1.36. The zero-order valence-electron chi connectivity index (χ0n) is 10.3. The van der Waals surface area contributed by atoms with Crippen molar-refractivity contribution in [3.8, 4) is 5.75 Å². The molecule has 0 aromatic heterocycles. The second-order valence-electron chi connectivity index (χ2n) is 4.07. The summed E-state index contributed by atoms with van der Waals surface area (Å²) in [4.78, 5) is 0. The fraction of sp³-hybridized carbons (Fsp3) is 0.538. The first-order chi connectivity index (χ1) is 7.63. The van der Waals surface area contributed by atoms with Crippen molar-refractivity contribution in [3.63, 3.8) is 0 Å². The fourth-order valence-corrected chi connectivity index (χ4v) is 1.36. The minimum atomic E-state index is 0.250. The molecule has 0 heterocycles. The van der Waals surface area contributed by atoms with Crippen molar-refractivity contribution in [1.29, 1.82) is 0 Å². The van der Waals surface area contributed by atoms with Crippen LogP contribution < -0.4 is 10.5 Å². The Labute approximate surface area is 97.6 Å². The summed E-state index contributed by atoms with van der Waals surface area (Å²) in [5.74, 6) is 0.898. The molecule has 0 spiro atoms. The average molecular weight is 223 g/mol. The topological polar surface area (TPSA) is 44.5 Å². The van der Waals surface area contributed by atoms with Crippen LogP contribution in [-0.4, -0.2) is 19.3 Å². The number of benzene rings is 1. The van der Waals surface area contributed by atoms with Gasteiger partial charge in [0.1, 0.15) is 12.4 Å². The molecule has 3 nitrogen and oxygen atoms in total. The third kappa shape index (κ3) is 4.21. The second-order valence-corrected chi connectivity index (χ2v) is 4.07. The normalized spacial score (nSPS) is 10.8. The summed E-state index contributed by atoms with van der Waals surface area (Å²) >= 11 is 0. The third-order valence-electron chi connectivity index (χ3n) is 2.28.